The van der Waals surface area contributed by atoms with Crippen LogP contribution in [0.1, 0.15) is 53.0 Å². The first kappa shape index (κ1) is 21.2. The average molecular weight is 424 g/mol. The highest BCUT2D eigenvalue weighted by molar-refractivity contribution is 5.95. The second-order valence-electron chi connectivity index (χ2n) is 8.35. The molecule has 1 aliphatic heterocycles. The summed E-state index contributed by atoms with van der Waals surface area (Å²) >= 11 is 0. The van der Waals surface area contributed by atoms with Gasteiger partial charge in [0.2, 0.25) is 5.88 Å². The van der Waals surface area contributed by atoms with Gasteiger partial charge in [-0.1, -0.05) is 19.9 Å². The highest BCUT2D eigenvalue weighted by Gasteiger charge is 2.29. The molecule has 1 saturated heterocycles. The standard InChI is InChI=1S/C23H29N5O3/c1-14(2)21-24-16(4)11-19(26-21)31-13-18-12-27(9-10-30-18)23(29)20-17(5)25-22-15(3)7-6-8-28(20)22/h6-8,11,14,18H,9-10,12-13H2,1-5H3. The lowest BCUT2D eigenvalue weighted by atomic mass is 10.2. The van der Waals surface area contributed by atoms with Crippen molar-refractivity contribution in [2.75, 3.05) is 26.3 Å². The zero-order valence-electron chi connectivity index (χ0n) is 18.8. The summed E-state index contributed by atoms with van der Waals surface area (Å²) in [6, 6.07) is 5.75. The summed E-state index contributed by atoms with van der Waals surface area (Å²) in [6.45, 7) is 11.7. The maximum absolute atomic E-state index is 13.3. The monoisotopic (exact) mass is 423 g/mol. The molecule has 1 unspecified atom stereocenters. The van der Waals surface area contributed by atoms with Crippen molar-refractivity contribution in [3.63, 3.8) is 0 Å². The summed E-state index contributed by atoms with van der Waals surface area (Å²) in [4.78, 5) is 28.7. The first-order chi connectivity index (χ1) is 14.8. The summed E-state index contributed by atoms with van der Waals surface area (Å²) < 4.78 is 13.7. The van der Waals surface area contributed by atoms with Crippen LogP contribution < -0.4 is 4.74 Å². The number of amides is 1. The van der Waals surface area contributed by atoms with Crippen LogP contribution in [0.4, 0.5) is 0 Å². The predicted molar refractivity (Wildman–Crippen MR) is 117 cm³/mol. The third kappa shape index (κ3) is 4.39. The molecule has 4 rings (SSSR count). The van der Waals surface area contributed by atoms with Gasteiger partial charge in [0.05, 0.1) is 18.8 Å². The van der Waals surface area contributed by atoms with E-state index in [1.54, 1.807) is 0 Å². The number of pyridine rings is 1. The number of fused-ring (bicyclic) bond motifs is 1. The Hall–Kier alpha value is -3.00. The lowest BCUT2D eigenvalue weighted by molar-refractivity contribution is -0.0409. The van der Waals surface area contributed by atoms with Crippen molar-refractivity contribution in [1.82, 2.24) is 24.3 Å². The highest BCUT2D eigenvalue weighted by Crippen LogP contribution is 2.20. The summed E-state index contributed by atoms with van der Waals surface area (Å²) in [5, 5.41) is 0. The van der Waals surface area contributed by atoms with Gasteiger partial charge < -0.3 is 14.4 Å². The normalized spacial score (nSPS) is 16.8. The largest absolute Gasteiger partial charge is 0.475 e. The van der Waals surface area contributed by atoms with Gasteiger partial charge in [-0.05, 0) is 32.4 Å². The number of ether oxygens (including phenoxy) is 2. The molecule has 31 heavy (non-hydrogen) atoms. The van der Waals surface area contributed by atoms with Crippen LogP contribution in [0, 0.1) is 20.8 Å². The van der Waals surface area contributed by atoms with E-state index in [4.69, 9.17) is 9.47 Å². The quantitative estimate of drug-likeness (QED) is 0.627. The van der Waals surface area contributed by atoms with Crippen LogP contribution in [-0.2, 0) is 4.74 Å². The van der Waals surface area contributed by atoms with Crippen molar-refractivity contribution in [2.45, 2.75) is 46.6 Å². The van der Waals surface area contributed by atoms with Crippen molar-refractivity contribution in [1.29, 1.82) is 0 Å². The Balaban J connectivity index is 1.46. The zero-order chi connectivity index (χ0) is 22.1. The Morgan fingerprint density at radius 1 is 1.26 bits per heavy atom. The number of morpholine rings is 1. The molecule has 4 heterocycles. The fourth-order valence-electron chi connectivity index (χ4n) is 3.80. The molecule has 0 spiro atoms. The number of hydrogen-bond donors (Lipinski definition) is 0. The highest BCUT2D eigenvalue weighted by atomic mass is 16.5. The first-order valence-corrected chi connectivity index (χ1v) is 10.7. The molecule has 3 aromatic rings. The Kier molecular flexibility index (Phi) is 5.91. The Morgan fingerprint density at radius 3 is 2.84 bits per heavy atom. The SMILES string of the molecule is Cc1cc(OCC2CN(C(=O)c3c(C)nc4c(C)cccn34)CCO2)nc(C(C)C)n1. The van der Waals surface area contributed by atoms with Crippen LogP contribution in [0.2, 0.25) is 0 Å². The molecule has 3 aromatic heterocycles. The van der Waals surface area contributed by atoms with Crippen LogP contribution >= 0.6 is 0 Å². The molecule has 0 saturated carbocycles. The van der Waals surface area contributed by atoms with Gasteiger partial charge in [0.15, 0.2) is 0 Å². The van der Waals surface area contributed by atoms with E-state index < -0.39 is 0 Å². The third-order valence-corrected chi connectivity index (χ3v) is 5.43. The fraction of sp³-hybridized carbons (Fsp3) is 0.478. The smallest absolute Gasteiger partial charge is 0.272 e. The molecule has 1 fully saturated rings. The number of hydrogen-bond acceptors (Lipinski definition) is 6. The molecule has 0 bridgehead atoms. The Labute approximate surface area is 182 Å². The number of imidazole rings is 1. The topological polar surface area (TPSA) is 81.9 Å². The number of aromatic nitrogens is 4. The van der Waals surface area contributed by atoms with Crippen molar-refractivity contribution < 1.29 is 14.3 Å². The Bertz CT molecular complexity index is 1110. The Morgan fingerprint density at radius 2 is 2.06 bits per heavy atom. The zero-order valence-corrected chi connectivity index (χ0v) is 18.8. The molecule has 0 aliphatic carbocycles. The van der Waals surface area contributed by atoms with Gasteiger partial charge in [-0.2, -0.15) is 4.98 Å². The molecule has 1 aliphatic rings. The maximum Gasteiger partial charge on any atom is 0.272 e. The molecule has 0 radical (unpaired) electrons. The van der Waals surface area contributed by atoms with Crippen LogP contribution in [0.15, 0.2) is 24.4 Å². The van der Waals surface area contributed by atoms with Crippen LogP contribution in [0.25, 0.3) is 5.65 Å². The minimum absolute atomic E-state index is 0.0381. The minimum atomic E-state index is -0.225. The van der Waals surface area contributed by atoms with Crippen molar-refractivity contribution in [3.05, 3.63) is 52.9 Å². The molecular weight excluding hydrogens is 394 g/mol. The van der Waals surface area contributed by atoms with Crippen LogP contribution in [0.3, 0.4) is 0 Å². The first-order valence-electron chi connectivity index (χ1n) is 10.7. The van der Waals surface area contributed by atoms with E-state index >= 15 is 0 Å². The molecule has 8 nitrogen and oxygen atoms in total. The van der Waals surface area contributed by atoms with Gasteiger partial charge in [-0.25, -0.2) is 9.97 Å². The van der Waals surface area contributed by atoms with E-state index in [1.807, 2.05) is 54.5 Å². The predicted octanol–water partition coefficient (Wildman–Crippen LogP) is 3.09. The molecule has 0 N–H and O–H groups in total. The van der Waals surface area contributed by atoms with Crippen molar-refractivity contribution in [2.24, 2.45) is 0 Å². The molecule has 1 atom stereocenters. The summed E-state index contributed by atoms with van der Waals surface area (Å²) in [6.07, 6.45) is 1.66. The molecule has 0 aromatic carbocycles. The van der Waals surface area contributed by atoms with E-state index in [-0.39, 0.29) is 17.9 Å². The second-order valence-corrected chi connectivity index (χ2v) is 8.35. The van der Waals surface area contributed by atoms with Gasteiger partial charge in [-0.15, -0.1) is 0 Å². The number of carbonyl (C=O) groups excluding carboxylic acids is 1. The van der Waals surface area contributed by atoms with E-state index in [1.165, 1.54) is 0 Å². The summed E-state index contributed by atoms with van der Waals surface area (Å²) in [5.41, 5.74) is 4.06. The number of aryl methyl sites for hydroxylation is 3. The van der Waals surface area contributed by atoms with E-state index in [9.17, 15) is 4.79 Å². The minimum Gasteiger partial charge on any atom is -0.475 e. The van der Waals surface area contributed by atoms with Gasteiger partial charge in [0, 0.05) is 30.4 Å². The number of rotatable bonds is 5. The van der Waals surface area contributed by atoms with Gasteiger partial charge >= 0.3 is 0 Å². The van der Waals surface area contributed by atoms with Crippen LogP contribution in [0.5, 0.6) is 5.88 Å². The lowest BCUT2D eigenvalue weighted by Crippen LogP contribution is -2.48. The van der Waals surface area contributed by atoms with Gasteiger partial charge in [0.1, 0.15) is 29.9 Å². The summed E-state index contributed by atoms with van der Waals surface area (Å²) in [5.74, 6) is 1.48. The average Bonchev–Trinajstić information content (AvgIpc) is 3.09. The fourth-order valence-corrected chi connectivity index (χ4v) is 3.80. The third-order valence-electron chi connectivity index (χ3n) is 5.43. The second kappa shape index (κ2) is 8.63. The van der Waals surface area contributed by atoms with Gasteiger partial charge in [-0.3, -0.25) is 9.20 Å². The van der Waals surface area contributed by atoms with Gasteiger partial charge in [0.25, 0.3) is 5.91 Å². The maximum atomic E-state index is 13.3. The lowest BCUT2D eigenvalue weighted by Gasteiger charge is -2.32. The van der Waals surface area contributed by atoms with E-state index in [0.29, 0.717) is 37.9 Å². The molecular formula is C23H29N5O3. The molecule has 8 heteroatoms. The summed E-state index contributed by atoms with van der Waals surface area (Å²) in [7, 11) is 0. The van der Waals surface area contributed by atoms with E-state index in [0.717, 1.165) is 28.4 Å². The number of nitrogens with zero attached hydrogens (tertiary/aromatic N) is 5. The van der Waals surface area contributed by atoms with E-state index in [2.05, 4.69) is 28.8 Å². The van der Waals surface area contributed by atoms with Crippen molar-refractivity contribution >= 4 is 11.6 Å². The molecule has 1 amide bonds. The number of carbonyl (C=O) groups is 1. The molecule has 164 valence electrons. The van der Waals surface area contributed by atoms with Crippen molar-refractivity contribution in [3.8, 4) is 5.88 Å². The van der Waals surface area contributed by atoms with Crippen LogP contribution in [-0.4, -0.2) is 62.6 Å².